The number of hydrogen-bond acceptors (Lipinski definition) is 8. The van der Waals surface area contributed by atoms with Gasteiger partial charge >= 0.3 is 11.9 Å². The van der Waals surface area contributed by atoms with Gasteiger partial charge in [0.2, 0.25) is 0 Å². The standard InChI is InChI=1S/C22H42O8/c1-5-25-21(26-6-2)17-29-19(23)15-13-11-9-10-12-14-16-20(24)30-18-22(27-7-3)28-8-4/h21-22H,5-18H2,1-4H3. The van der Waals surface area contributed by atoms with Gasteiger partial charge in [0.1, 0.15) is 13.2 Å². The van der Waals surface area contributed by atoms with Gasteiger partial charge in [0.15, 0.2) is 12.6 Å². The topological polar surface area (TPSA) is 89.5 Å². The van der Waals surface area contributed by atoms with Crippen molar-refractivity contribution in [2.45, 2.75) is 91.6 Å². The molecule has 0 amide bonds. The SMILES string of the molecule is CCOC(COC(=O)CCCCCCCCC(=O)OCC(OCC)OCC)OCC. The molecule has 0 saturated heterocycles. The van der Waals surface area contributed by atoms with Crippen LogP contribution in [0.25, 0.3) is 0 Å². The maximum Gasteiger partial charge on any atom is 0.305 e. The van der Waals surface area contributed by atoms with Crippen LogP contribution < -0.4 is 0 Å². The van der Waals surface area contributed by atoms with Crippen molar-refractivity contribution >= 4 is 11.9 Å². The van der Waals surface area contributed by atoms with Gasteiger partial charge in [-0.15, -0.1) is 0 Å². The van der Waals surface area contributed by atoms with Crippen LogP contribution in [0.15, 0.2) is 0 Å². The van der Waals surface area contributed by atoms with Gasteiger partial charge in [0.05, 0.1) is 0 Å². The summed E-state index contributed by atoms with van der Waals surface area (Å²) < 4.78 is 31.7. The van der Waals surface area contributed by atoms with Crippen molar-refractivity contribution < 1.29 is 38.0 Å². The summed E-state index contributed by atoms with van der Waals surface area (Å²) in [7, 11) is 0. The van der Waals surface area contributed by atoms with Crippen LogP contribution in [0.3, 0.4) is 0 Å². The monoisotopic (exact) mass is 434 g/mol. The lowest BCUT2D eigenvalue weighted by Crippen LogP contribution is -2.25. The minimum atomic E-state index is -0.486. The normalized spacial score (nSPS) is 11.3. The van der Waals surface area contributed by atoms with Gasteiger partial charge in [-0.2, -0.15) is 0 Å². The molecule has 0 saturated carbocycles. The average Bonchev–Trinajstić information content (AvgIpc) is 2.72. The van der Waals surface area contributed by atoms with E-state index in [0.29, 0.717) is 39.3 Å². The van der Waals surface area contributed by atoms with Crippen LogP contribution in [0.2, 0.25) is 0 Å². The summed E-state index contributed by atoms with van der Waals surface area (Å²) in [4.78, 5) is 23.5. The second-order valence-electron chi connectivity index (χ2n) is 6.67. The molecule has 0 aliphatic carbocycles. The Kier molecular flexibility index (Phi) is 20.2. The smallest absolute Gasteiger partial charge is 0.305 e. The van der Waals surface area contributed by atoms with E-state index in [4.69, 9.17) is 28.4 Å². The molecule has 0 N–H and O–H groups in total. The first kappa shape index (κ1) is 28.8. The predicted octanol–water partition coefficient (Wildman–Crippen LogP) is 3.99. The van der Waals surface area contributed by atoms with E-state index >= 15 is 0 Å². The maximum absolute atomic E-state index is 11.8. The van der Waals surface area contributed by atoms with Crippen molar-refractivity contribution in [1.29, 1.82) is 0 Å². The molecule has 8 heteroatoms. The van der Waals surface area contributed by atoms with Crippen molar-refractivity contribution in [1.82, 2.24) is 0 Å². The molecular formula is C22H42O8. The van der Waals surface area contributed by atoms with Crippen molar-refractivity contribution in [3.63, 3.8) is 0 Å². The van der Waals surface area contributed by atoms with E-state index < -0.39 is 12.6 Å². The third kappa shape index (κ3) is 17.6. The largest absolute Gasteiger partial charge is 0.460 e. The Morgan fingerprint density at radius 3 is 1.13 bits per heavy atom. The zero-order valence-corrected chi connectivity index (χ0v) is 19.3. The number of ether oxygens (including phenoxy) is 6. The van der Waals surface area contributed by atoms with E-state index in [-0.39, 0.29) is 25.2 Å². The summed E-state index contributed by atoms with van der Waals surface area (Å²) in [5, 5.41) is 0. The molecule has 178 valence electrons. The highest BCUT2D eigenvalue weighted by Crippen LogP contribution is 2.10. The third-order valence-corrected chi connectivity index (χ3v) is 4.18. The van der Waals surface area contributed by atoms with Crippen LogP contribution in [0, 0.1) is 0 Å². The van der Waals surface area contributed by atoms with E-state index in [2.05, 4.69) is 0 Å². The first-order valence-corrected chi connectivity index (χ1v) is 11.3. The quantitative estimate of drug-likeness (QED) is 0.152. The lowest BCUT2D eigenvalue weighted by Gasteiger charge is -2.16. The molecule has 0 fully saturated rings. The Labute approximate surface area is 181 Å². The summed E-state index contributed by atoms with van der Waals surface area (Å²) in [5.41, 5.74) is 0. The van der Waals surface area contributed by atoms with Crippen molar-refractivity contribution in [2.75, 3.05) is 39.6 Å². The lowest BCUT2D eigenvalue weighted by atomic mass is 10.1. The molecule has 30 heavy (non-hydrogen) atoms. The molecule has 0 unspecified atom stereocenters. The highest BCUT2D eigenvalue weighted by molar-refractivity contribution is 5.69. The van der Waals surface area contributed by atoms with Crippen molar-refractivity contribution in [3.05, 3.63) is 0 Å². The van der Waals surface area contributed by atoms with Gasteiger partial charge in [0, 0.05) is 39.3 Å². The van der Waals surface area contributed by atoms with Crippen LogP contribution in [0.1, 0.15) is 79.1 Å². The van der Waals surface area contributed by atoms with E-state index in [0.717, 1.165) is 38.5 Å². The minimum Gasteiger partial charge on any atom is -0.460 e. The maximum atomic E-state index is 11.8. The molecule has 0 aliphatic rings. The van der Waals surface area contributed by atoms with Crippen molar-refractivity contribution in [3.8, 4) is 0 Å². The van der Waals surface area contributed by atoms with Crippen LogP contribution in [-0.4, -0.2) is 64.2 Å². The Hall–Kier alpha value is -1.22. The summed E-state index contributed by atoms with van der Waals surface area (Å²) in [6.45, 7) is 9.81. The molecule has 0 aromatic rings. The van der Waals surface area contributed by atoms with Gasteiger partial charge in [-0.1, -0.05) is 25.7 Å². The van der Waals surface area contributed by atoms with Gasteiger partial charge in [-0.25, -0.2) is 0 Å². The molecule has 0 heterocycles. The van der Waals surface area contributed by atoms with Gasteiger partial charge in [-0.3, -0.25) is 9.59 Å². The Bertz CT molecular complexity index is 366. The molecule has 0 aliphatic heterocycles. The van der Waals surface area contributed by atoms with E-state index in [1.165, 1.54) is 0 Å². The fourth-order valence-corrected chi connectivity index (χ4v) is 2.74. The minimum absolute atomic E-state index is 0.131. The Balaban J connectivity index is 3.60. The zero-order valence-electron chi connectivity index (χ0n) is 19.3. The highest BCUT2D eigenvalue weighted by atomic mass is 16.7. The Morgan fingerprint density at radius 1 is 0.533 bits per heavy atom. The number of esters is 2. The van der Waals surface area contributed by atoms with E-state index in [1.807, 2.05) is 27.7 Å². The molecule has 8 nitrogen and oxygen atoms in total. The van der Waals surface area contributed by atoms with Crippen LogP contribution >= 0.6 is 0 Å². The van der Waals surface area contributed by atoms with Gasteiger partial charge in [-0.05, 0) is 40.5 Å². The van der Waals surface area contributed by atoms with Crippen molar-refractivity contribution in [2.24, 2.45) is 0 Å². The number of rotatable bonds is 21. The first-order valence-electron chi connectivity index (χ1n) is 11.3. The molecule has 0 spiro atoms. The predicted molar refractivity (Wildman–Crippen MR) is 113 cm³/mol. The van der Waals surface area contributed by atoms with Crippen LogP contribution in [0.5, 0.6) is 0 Å². The molecule has 0 atom stereocenters. The highest BCUT2D eigenvalue weighted by Gasteiger charge is 2.12. The van der Waals surface area contributed by atoms with Crippen LogP contribution in [0.4, 0.5) is 0 Å². The second-order valence-corrected chi connectivity index (χ2v) is 6.67. The molecule has 0 radical (unpaired) electrons. The zero-order chi connectivity index (χ0) is 22.5. The third-order valence-electron chi connectivity index (χ3n) is 4.18. The summed E-state index contributed by atoms with van der Waals surface area (Å²) >= 11 is 0. The second kappa shape index (κ2) is 21.0. The number of carbonyl (C=O) groups excluding carboxylic acids is 2. The Morgan fingerprint density at radius 2 is 0.833 bits per heavy atom. The lowest BCUT2D eigenvalue weighted by molar-refractivity contribution is -0.179. The van der Waals surface area contributed by atoms with E-state index in [1.54, 1.807) is 0 Å². The van der Waals surface area contributed by atoms with Gasteiger partial charge < -0.3 is 28.4 Å². The first-order chi connectivity index (χ1) is 14.6. The molecule has 0 bridgehead atoms. The van der Waals surface area contributed by atoms with Gasteiger partial charge in [0.25, 0.3) is 0 Å². The summed E-state index contributed by atoms with van der Waals surface area (Å²) in [5.74, 6) is -0.445. The number of unbranched alkanes of at least 4 members (excludes halogenated alkanes) is 5. The van der Waals surface area contributed by atoms with E-state index in [9.17, 15) is 9.59 Å². The fraction of sp³-hybridized carbons (Fsp3) is 0.909. The fourth-order valence-electron chi connectivity index (χ4n) is 2.74. The summed E-state index contributed by atoms with van der Waals surface area (Å²) in [6.07, 6.45) is 5.40. The molecule has 0 aromatic carbocycles. The average molecular weight is 435 g/mol. The number of hydrogen-bond donors (Lipinski definition) is 0. The number of carbonyl (C=O) groups is 2. The molecule has 0 rings (SSSR count). The molecule has 0 aromatic heterocycles. The molecular weight excluding hydrogens is 392 g/mol. The van der Waals surface area contributed by atoms with Crippen LogP contribution in [-0.2, 0) is 38.0 Å². The summed E-state index contributed by atoms with van der Waals surface area (Å²) in [6, 6.07) is 0.